The maximum absolute atomic E-state index is 10.6. The fourth-order valence-corrected chi connectivity index (χ4v) is 1.27. The summed E-state index contributed by atoms with van der Waals surface area (Å²) in [6.45, 7) is 6.85. The second-order valence-electron chi connectivity index (χ2n) is 5.18. The molecule has 5 nitrogen and oxygen atoms in total. The first-order valence-electron chi connectivity index (χ1n) is 5.46. The largest absolute Gasteiger partial charge is 0.493 e. The van der Waals surface area contributed by atoms with E-state index < -0.39 is 4.92 Å². The van der Waals surface area contributed by atoms with Gasteiger partial charge in [-0.15, -0.1) is 0 Å². The summed E-state index contributed by atoms with van der Waals surface area (Å²) in [5.41, 5.74) is 6.04. The highest BCUT2D eigenvalue weighted by atomic mass is 16.6. The van der Waals surface area contributed by atoms with E-state index in [1.54, 1.807) is 6.07 Å². The average Bonchev–Trinajstić information content (AvgIpc) is 2.14. The van der Waals surface area contributed by atoms with Crippen molar-refractivity contribution in [2.45, 2.75) is 27.2 Å². The zero-order valence-corrected chi connectivity index (χ0v) is 10.4. The number of nitro groups is 1. The van der Waals surface area contributed by atoms with Gasteiger partial charge in [-0.05, 0) is 11.8 Å². The average molecular weight is 238 g/mol. The summed E-state index contributed by atoms with van der Waals surface area (Å²) in [5.74, 6) is 0.445. The molecule has 0 aliphatic heterocycles. The molecular formula is C12H18N2O3. The molecule has 0 atom stereocenters. The quantitative estimate of drug-likeness (QED) is 0.497. The molecule has 17 heavy (non-hydrogen) atoms. The van der Waals surface area contributed by atoms with Gasteiger partial charge in [0.2, 0.25) is 0 Å². The molecule has 5 heteroatoms. The molecule has 0 heterocycles. The van der Waals surface area contributed by atoms with E-state index in [1.807, 2.05) is 0 Å². The molecule has 0 aliphatic rings. The van der Waals surface area contributed by atoms with E-state index in [1.165, 1.54) is 12.1 Å². The molecule has 1 aromatic rings. The number of nitro benzene ring substituents is 1. The number of non-ortho nitro benzene ring substituents is 1. The van der Waals surface area contributed by atoms with Crippen molar-refractivity contribution in [3.63, 3.8) is 0 Å². The summed E-state index contributed by atoms with van der Waals surface area (Å²) < 4.78 is 5.47. The van der Waals surface area contributed by atoms with E-state index in [2.05, 4.69) is 20.8 Å². The molecular weight excluding hydrogens is 220 g/mol. The van der Waals surface area contributed by atoms with Crippen LogP contribution >= 0.6 is 0 Å². The maximum Gasteiger partial charge on any atom is 0.275 e. The second kappa shape index (κ2) is 5.03. The molecule has 0 unspecified atom stereocenters. The molecule has 1 aromatic carbocycles. The normalized spacial score (nSPS) is 11.2. The van der Waals surface area contributed by atoms with E-state index in [0.717, 1.165) is 6.42 Å². The summed E-state index contributed by atoms with van der Waals surface area (Å²) in [7, 11) is 0. The van der Waals surface area contributed by atoms with Gasteiger partial charge in [0.15, 0.2) is 0 Å². The predicted octanol–water partition coefficient (Wildman–Crippen LogP) is 2.99. The first-order chi connectivity index (χ1) is 7.78. The number of nitrogens with zero attached hydrogens (tertiary/aromatic N) is 1. The Morgan fingerprint density at radius 1 is 1.35 bits per heavy atom. The van der Waals surface area contributed by atoms with E-state index in [-0.39, 0.29) is 11.1 Å². The van der Waals surface area contributed by atoms with Crippen molar-refractivity contribution in [1.29, 1.82) is 0 Å². The highest BCUT2D eigenvalue weighted by Gasteiger charge is 2.12. The molecule has 0 saturated carbocycles. The molecule has 0 aliphatic carbocycles. The Morgan fingerprint density at radius 2 is 2.00 bits per heavy atom. The molecule has 0 aromatic heterocycles. The van der Waals surface area contributed by atoms with Crippen molar-refractivity contribution in [3.8, 4) is 5.75 Å². The zero-order valence-electron chi connectivity index (χ0n) is 10.4. The van der Waals surface area contributed by atoms with Gasteiger partial charge in [-0.3, -0.25) is 10.1 Å². The van der Waals surface area contributed by atoms with Gasteiger partial charge in [0.25, 0.3) is 5.69 Å². The minimum atomic E-state index is -0.479. The van der Waals surface area contributed by atoms with E-state index in [0.29, 0.717) is 18.0 Å². The van der Waals surface area contributed by atoms with Gasteiger partial charge >= 0.3 is 0 Å². The third-order valence-corrected chi connectivity index (χ3v) is 2.25. The number of nitrogen functional groups attached to an aromatic ring is 1. The van der Waals surface area contributed by atoms with Crippen LogP contribution in [0.1, 0.15) is 27.2 Å². The van der Waals surface area contributed by atoms with E-state index in [9.17, 15) is 10.1 Å². The summed E-state index contributed by atoms with van der Waals surface area (Å²) >= 11 is 0. The van der Waals surface area contributed by atoms with Gasteiger partial charge in [-0.2, -0.15) is 0 Å². The maximum atomic E-state index is 10.6. The van der Waals surface area contributed by atoms with Gasteiger partial charge < -0.3 is 10.5 Å². The Hall–Kier alpha value is -1.78. The van der Waals surface area contributed by atoms with Gasteiger partial charge in [0, 0.05) is 17.8 Å². The molecule has 0 spiro atoms. The Balaban J connectivity index is 2.68. The first-order valence-corrected chi connectivity index (χ1v) is 5.46. The summed E-state index contributed by atoms with van der Waals surface area (Å²) in [6.07, 6.45) is 0.871. The smallest absolute Gasteiger partial charge is 0.275 e. The van der Waals surface area contributed by atoms with Crippen LogP contribution in [0.3, 0.4) is 0 Å². The molecule has 0 fully saturated rings. The van der Waals surface area contributed by atoms with Crippen LogP contribution in [0.4, 0.5) is 11.4 Å². The first kappa shape index (κ1) is 13.3. The van der Waals surface area contributed by atoms with Crippen LogP contribution in [0.15, 0.2) is 18.2 Å². The van der Waals surface area contributed by atoms with Gasteiger partial charge in [-0.25, -0.2) is 0 Å². The number of nitrogens with two attached hydrogens (primary N) is 1. The van der Waals surface area contributed by atoms with E-state index >= 15 is 0 Å². The number of hydrogen-bond acceptors (Lipinski definition) is 4. The summed E-state index contributed by atoms with van der Waals surface area (Å²) in [4.78, 5) is 10.2. The molecule has 2 N–H and O–H groups in total. The Labute approximate surface area is 101 Å². The number of anilines is 1. The van der Waals surface area contributed by atoms with Gasteiger partial charge in [0.05, 0.1) is 17.6 Å². The number of ether oxygens (including phenoxy) is 1. The molecule has 0 amide bonds. The van der Waals surface area contributed by atoms with Crippen molar-refractivity contribution in [3.05, 3.63) is 28.3 Å². The van der Waals surface area contributed by atoms with Crippen LogP contribution in [0.25, 0.3) is 0 Å². The lowest BCUT2D eigenvalue weighted by Gasteiger charge is -2.18. The third-order valence-electron chi connectivity index (χ3n) is 2.25. The fourth-order valence-electron chi connectivity index (χ4n) is 1.27. The topological polar surface area (TPSA) is 78.4 Å². The van der Waals surface area contributed by atoms with Crippen LogP contribution in [0, 0.1) is 15.5 Å². The van der Waals surface area contributed by atoms with Crippen LogP contribution < -0.4 is 10.5 Å². The lowest BCUT2D eigenvalue weighted by Crippen LogP contribution is -2.11. The highest BCUT2D eigenvalue weighted by molar-refractivity contribution is 5.53. The minimum Gasteiger partial charge on any atom is -0.493 e. The number of hydrogen-bond donors (Lipinski definition) is 1. The Bertz CT molecular complexity index is 411. The fraction of sp³-hybridized carbons (Fsp3) is 0.500. The van der Waals surface area contributed by atoms with Gasteiger partial charge in [0.1, 0.15) is 5.75 Å². The third kappa shape index (κ3) is 4.72. The molecule has 0 radical (unpaired) electrons. The lowest BCUT2D eigenvalue weighted by molar-refractivity contribution is -0.384. The van der Waals surface area contributed by atoms with Crippen molar-refractivity contribution < 1.29 is 9.66 Å². The summed E-state index contributed by atoms with van der Waals surface area (Å²) in [5, 5.41) is 10.6. The Morgan fingerprint density at radius 3 is 2.53 bits per heavy atom. The molecule has 0 bridgehead atoms. The molecule has 94 valence electrons. The second-order valence-corrected chi connectivity index (χ2v) is 5.18. The van der Waals surface area contributed by atoms with Crippen LogP contribution in [-0.4, -0.2) is 11.5 Å². The number of benzene rings is 1. The van der Waals surface area contributed by atoms with Crippen molar-refractivity contribution in [1.82, 2.24) is 0 Å². The number of rotatable bonds is 4. The standard InChI is InChI=1S/C12H18N2O3/c1-12(2,3)4-5-17-11-7-9(13)6-10(8-11)14(15)16/h6-8H,4-5,13H2,1-3H3. The lowest BCUT2D eigenvalue weighted by atomic mass is 9.93. The van der Waals surface area contributed by atoms with E-state index in [4.69, 9.17) is 10.5 Å². The van der Waals surface area contributed by atoms with Crippen LogP contribution in [-0.2, 0) is 0 Å². The predicted molar refractivity (Wildman–Crippen MR) is 67.1 cm³/mol. The van der Waals surface area contributed by atoms with Gasteiger partial charge in [-0.1, -0.05) is 20.8 Å². The SMILES string of the molecule is CC(C)(C)CCOc1cc(N)cc([N+](=O)[O-])c1. The van der Waals surface area contributed by atoms with Crippen molar-refractivity contribution >= 4 is 11.4 Å². The monoisotopic (exact) mass is 238 g/mol. The molecule has 1 rings (SSSR count). The summed E-state index contributed by atoms with van der Waals surface area (Å²) in [6, 6.07) is 4.30. The van der Waals surface area contributed by atoms with Crippen LogP contribution in [0.5, 0.6) is 5.75 Å². The highest BCUT2D eigenvalue weighted by Crippen LogP contribution is 2.25. The zero-order chi connectivity index (χ0) is 13.1. The minimum absolute atomic E-state index is 0.0456. The van der Waals surface area contributed by atoms with Crippen molar-refractivity contribution in [2.75, 3.05) is 12.3 Å². The molecule has 0 saturated heterocycles. The van der Waals surface area contributed by atoms with Crippen LogP contribution in [0.2, 0.25) is 0 Å². The Kier molecular flexibility index (Phi) is 3.93. The van der Waals surface area contributed by atoms with Crippen molar-refractivity contribution in [2.24, 2.45) is 5.41 Å².